The number of carbonyl (C=O) groups excluding carboxylic acids is 4. The molecule has 3 amide bonds. The van der Waals surface area contributed by atoms with E-state index >= 15 is 4.79 Å². The van der Waals surface area contributed by atoms with Gasteiger partial charge in [-0.1, -0.05) is 66.0 Å². The van der Waals surface area contributed by atoms with Crippen LogP contribution in [0.3, 0.4) is 0 Å². The first-order chi connectivity index (χ1) is 25.5. The van der Waals surface area contributed by atoms with E-state index in [1.807, 2.05) is 20.8 Å². The van der Waals surface area contributed by atoms with Crippen molar-refractivity contribution in [3.8, 4) is 12.3 Å². The standard InChI is InChI=1S/C40H58N6O6S2/c1-8-10-17-29(34(47)37(49)41-21-9-2)44-36(48)33-28-16-14-15-27(28)23-46(33)38(50)35(40(7)19-12-11-13-20-40)43-26(3)42-32(39(4,5)6)25-45-24-30-31(18-22-53-30)54(45,51)52/h1,9,18,22,27-29,32-33,35,42-43H,2-3,10-17,19-21,23-25H2,4-7H3,(H,41,49)(H,44,48)/t27-,28-,29?,32+,33-,35+/m0/s1. The van der Waals surface area contributed by atoms with Crippen molar-refractivity contribution in [2.75, 3.05) is 19.6 Å². The van der Waals surface area contributed by atoms with Gasteiger partial charge in [-0.25, -0.2) is 8.42 Å². The van der Waals surface area contributed by atoms with Gasteiger partial charge in [0.1, 0.15) is 12.1 Å². The largest absolute Gasteiger partial charge is 0.368 e. The molecule has 2 saturated carbocycles. The molecule has 296 valence electrons. The normalized spacial score (nSPS) is 24.6. The van der Waals surface area contributed by atoms with Crippen LogP contribution in [0.15, 0.2) is 41.4 Å². The Morgan fingerprint density at radius 2 is 1.83 bits per heavy atom. The van der Waals surface area contributed by atoms with E-state index in [0.717, 1.165) is 56.2 Å². The van der Waals surface area contributed by atoms with E-state index in [9.17, 15) is 22.8 Å². The summed E-state index contributed by atoms with van der Waals surface area (Å²) in [4.78, 5) is 58.1. The van der Waals surface area contributed by atoms with Crippen LogP contribution >= 0.6 is 11.3 Å². The summed E-state index contributed by atoms with van der Waals surface area (Å²) < 4.78 is 28.3. The van der Waals surface area contributed by atoms with Crippen LogP contribution in [0, 0.1) is 35.0 Å². The average Bonchev–Trinajstić information content (AvgIpc) is 3.90. The lowest BCUT2D eigenvalue weighted by Crippen LogP contribution is -2.61. The lowest BCUT2D eigenvalue weighted by atomic mass is 9.70. The molecule has 12 nitrogen and oxygen atoms in total. The van der Waals surface area contributed by atoms with Gasteiger partial charge in [-0.3, -0.25) is 19.2 Å². The molecule has 14 heteroatoms. The van der Waals surface area contributed by atoms with Crippen molar-refractivity contribution in [2.45, 2.75) is 128 Å². The fourth-order valence-electron chi connectivity index (χ4n) is 8.77. The van der Waals surface area contributed by atoms with Crippen molar-refractivity contribution >= 4 is 44.9 Å². The molecule has 1 aromatic rings. The first-order valence-corrected chi connectivity index (χ1v) is 21.6. The van der Waals surface area contributed by atoms with Crippen LogP contribution in [0.25, 0.3) is 0 Å². The van der Waals surface area contributed by atoms with Gasteiger partial charge in [0.2, 0.25) is 27.6 Å². The second kappa shape index (κ2) is 17.0. The molecule has 54 heavy (non-hydrogen) atoms. The number of amides is 3. The molecular weight excluding hydrogens is 725 g/mol. The van der Waals surface area contributed by atoms with E-state index in [1.165, 1.54) is 21.7 Å². The third-order valence-corrected chi connectivity index (χ3v) is 14.9. The summed E-state index contributed by atoms with van der Waals surface area (Å²) in [5.41, 5.74) is -0.826. The zero-order chi connectivity index (χ0) is 39.4. The number of fused-ring (bicyclic) bond motifs is 2. The van der Waals surface area contributed by atoms with Crippen LogP contribution in [0.4, 0.5) is 0 Å². The van der Waals surface area contributed by atoms with Crippen LogP contribution in [0.2, 0.25) is 0 Å². The number of carbonyl (C=O) groups is 4. The van der Waals surface area contributed by atoms with Crippen LogP contribution in [-0.2, 0) is 35.7 Å². The molecule has 0 radical (unpaired) electrons. The monoisotopic (exact) mass is 782 g/mol. The Balaban J connectivity index is 1.38. The number of hydrogen-bond acceptors (Lipinski definition) is 9. The van der Waals surface area contributed by atoms with Gasteiger partial charge < -0.3 is 26.2 Å². The summed E-state index contributed by atoms with van der Waals surface area (Å²) in [7, 11) is -3.62. The van der Waals surface area contributed by atoms with Gasteiger partial charge in [0.05, 0.1) is 16.8 Å². The van der Waals surface area contributed by atoms with Crippen molar-refractivity contribution in [1.82, 2.24) is 30.5 Å². The lowest BCUT2D eigenvalue weighted by Gasteiger charge is -2.44. The number of nitrogens with zero attached hydrogens (tertiary/aromatic N) is 2. The molecule has 2 aliphatic heterocycles. The van der Waals surface area contributed by atoms with Gasteiger partial charge in [0.15, 0.2) is 0 Å². The Hall–Kier alpha value is -3.67. The molecule has 4 N–H and O–H groups in total. The summed E-state index contributed by atoms with van der Waals surface area (Å²) in [5, 5.41) is 14.1. The highest BCUT2D eigenvalue weighted by molar-refractivity contribution is 7.89. The minimum absolute atomic E-state index is 0.0796. The number of sulfonamides is 1. The van der Waals surface area contributed by atoms with Crippen molar-refractivity contribution in [3.63, 3.8) is 0 Å². The molecule has 3 heterocycles. The van der Waals surface area contributed by atoms with Gasteiger partial charge >= 0.3 is 0 Å². The predicted octanol–water partition coefficient (Wildman–Crippen LogP) is 4.05. The summed E-state index contributed by atoms with van der Waals surface area (Å²) in [6.07, 6.45) is 14.5. The highest BCUT2D eigenvalue weighted by Gasteiger charge is 2.53. The van der Waals surface area contributed by atoms with E-state index in [-0.39, 0.29) is 55.1 Å². The van der Waals surface area contributed by atoms with Crippen LogP contribution in [-0.4, -0.2) is 84.9 Å². The van der Waals surface area contributed by atoms with Gasteiger partial charge in [-0.05, 0) is 66.2 Å². The zero-order valence-electron chi connectivity index (χ0n) is 32.2. The molecule has 1 aromatic heterocycles. The molecule has 3 fully saturated rings. The van der Waals surface area contributed by atoms with Crippen LogP contribution in [0.5, 0.6) is 0 Å². The number of hydrogen-bond donors (Lipinski definition) is 4. The molecule has 5 rings (SSSR count). The fourth-order valence-corrected chi connectivity index (χ4v) is 11.7. The second-order valence-electron chi connectivity index (χ2n) is 16.8. The number of thiophene rings is 1. The fraction of sp³-hybridized carbons (Fsp3) is 0.650. The van der Waals surface area contributed by atoms with Crippen molar-refractivity contribution < 1.29 is 27.6 Å². The van der Waals surface area contributed by atoms with E-state index in [2.05, 4.69) is 47.3 Å². The van der Waals surface area contributed by atoms with Crippen molar-refractivity contribution in [2.24, 2.45) is 22.7 Å². The van der Waals surface area contributed by atoms with Crippen molar-refractivity contribution in [1.29, 1.82) is 0 Å². The number of terminal acetylenes is 1. The summed E-state index contributed by atoms with van der Waals surface area (Å²) in [5.74, 6) is 0.686. The Morgan fingerprint density at radius 1 is 1.11 bits per heavy atom. The number of rotatable bonds is 16. The van der Waals surface area contributed by atoms with E-state index in [1.54, 1.807) is 16.3 Å². The van der Waals surface area contributed by atoms with E-state index in [0.29, 0.717) is 23.8 Å². The topological polar surface area (TPSA) is 157 Å². The molecule has 6 atom stereocenters. The first kappa shape index (κ1) is 41.5. The Morgan fingerprint density at radius 3 is 2.48 bits per heavy atom. The smallest absolute Gasteiger partial charge is 0.289 e. The summed E-state index contributed by atoms with van der Waals surface area (Å²) in [6.45, 7) is 17.2. The molecule has 0 spiro atoms. The molecule has 0 aromatic carbocycles. The maximum absolute atomic E-state index is 15.1. The van der Waals surface area contributed by atoms with Gasteiger partial charge in [0, 0.05) is 43.5 Å². The van der Waals surface area contributed by atoms with Gasteiger partial charge in [-0.15, -0.1) is 30.3 Å². The molecule has 1 saturated heterocycles. The Kier molecular flexibility index (Phi) is 13.1. The summed E-state index contributed by atoms with van der Waals surface area (Å²) in [6, 6.07) is -1.36. The molecular formula is C40H58N6O6S2. The predicted molar refractivity (Wildman–Crippen MR) is 210 cm³/mol. The molecule has 0 bridgehead atoms. The van der Waals surface area contributed by atoms with Gasteiger partial charge in [-0.2, -0.15) is 4.31 Å². The lowest BCUT2D eigenvalue weighted by molar-refractivity contribution is -0.145. The average molecular weight is 783 g/mol. The van der Waals surface area contributed by atoms with Crippen LogP contribution in [0.1, 0.15) is 96.8 Å². The maximum atomic E-state index is 15.1. The van der Waals surface area contributed by atoms with E-state index in [4.69, 9.17) is 6.42 Å². The Bertz CT molecular complexity index is 1750. The second-order valence-corrected chi connectivity index (χ2v) is 19.7. The van der Waals surface area contributed by atoms with E-state index < -0.39 is 51.2 Å². The zero-order valence-corrected chi connectivity index (χ0v) is 33.9. The highest BCUT2D eigenvalue weighted by atomic mass is 32.2. The SMILES string of the molecule is C#CCCC(NC(=O)[C@@H]1[C@H]2CCC[C@H]2CN1C(=O)[C@@H](NC(=C)N[C@H](CN1Cc2sccc2S1(=O)=O)C(C)(C)C)C1(C)CCCCC1)C(=O)C(=O)NCC=C. The van der Waals surface area contributed by atoms with Crippen LogP contribution < -0.4 is 21.3 Å². The van der Waals surface area contributed by atoms with Gasteiger partial charge in [0.25, 0.3) is 5.91 Å². The first-order valence-electron chi connectivity index (χ1n) is 19.3. The molecule has 4 aliphatic rings. The Labute approximate surface area is 325 Å². The number of Topliss-reactive ketones (excluding diaryl/α,β-unsaturated/α-hetero) is 1. The highest BCUT2D eigenvalue weighted by Crippen LogP contribution is 2.45. The summed E-state index contributed by atoms with van der Waals surface area (Å²) >= 11 is 1.44. The third kappa shape index (κ3) is 8.89. The third-order valence-electron chi connectivity index (χ3n) is 12.0. The quantitative estimate of drug-likeness (QED) is 0.111. The minimum atomic E-state index is -3.62. The number of likely N-dealkylation sites (tertiary alicyclic amines) is 1. The maximum Gasteiger partial charge on any atom is 0.289 e. The number of nitrogens with one attached hydrogen (secondary N) is 4. The van der Waals surface area contributed by atoms with Crippen molar-refractivity contribution in [3.05, 3.63) is 41.4 Å². The minimum Gasteiger partial charge on any atom is -0.368 e. The molecule has 1 unspecified atom stereocenters. The molecule has 2 aliphatic carbocycles. The number of ketones is 1.